The van der Waals surface area contributed by atoms with Crippen LogP contribution in [0, 0.1) is 5.92 Å². The number of thiophene rings is 1. The first kappa shape index (κ1) is 30.3. The molecule has 2 aromatic rings. The van der Waals surface area contributed by atoms with Crippen molar-refractivity contribution in [2.24, 2.45) is 5.92 Å². The number of morpholine rings is 1. The number of carbonyl (C=O) groups excluding carboxylic acids is 2. The zero-order valence-corrected chi connectivity index (χ0v) is 25.5. The van der Waals surface area contributed by atoms with Crippen LogP contribution in [0.5, 0.6) is 0 Å². The summed E-state index contributed by atoms with van der Waals surface area (Å²) in [4.78, 5) is 29.7. The van der Waals surface area contributed by atoms with Gasteiger partial charge in [-0.3, -0.25) is 9.59 Å². The predicted octanol–water partition coefficient (Wildman–Crippen LogP) is 7.96. The number of esters is 1. The molecule has 5 nitrogen and oxygen atoms in total. The number of halogens is 2. The van der Waals surface area contributed by atoms with Crippen LogP contribution >= 0.6 is 46.3 Å². The number of amides is 1. The van der Waals surface area contributed by atoms with Crippen molar-refractivity contribution in [3.8, 4) is 0 Å². The lowest BCUT2D eigenvalue weighted by atomic mass is 9.93. The summed E-state index contributed by atoms with van der Waals surface area (Å²) in [5.41, 5.74) is 0.846. The number of benzene rings is 1. The highest BCUT2D eigenvalue weighted by atomic mass is 35.5. The van der Waals surface area contributed by atoms with E-state index in [1.807, 2.05) is 66.9 Å². The van der Waals surface area contributed by atoms with E-state index in [1.54, 1.807) is 0 Å². The van der Waals surface area contributed by atoms with Gasteiger partial charge in [0.25, 0.3) is 5.91 Å². The molecule has 1 amide bonds. The molecule has 0 aliphatic carbocycles. The molecule has 1 aromatic carbocycles. The minimum Gasteiger partial charge on any atom is -0.465 e. The van der Waals surface area contributed by atoms with Gasteiger partial charge in [-0.1, -0.05) is 76.9 Å². The van der Waals surface area contributed by atoms with Gasteiger partial charge in [0.1, 0.15) is 12.2 Å². The second-order valence-corrected chi connectivity index (χ2v) is 14.7. The molecule has 0 radical (unpaired) electrons. The molecule has 0 saturated carbocycles. The van der Waals surface area contributed by atoms with Crippen molar-refractivity contribution < 1.29 is 19.1 Å². The predicted molar refractivity (Wildman–Crippen MR) is 155 cm³/mol. The highest BCUT2D eigenvalue weighted by Gasteiger charge is 2.47. The molecule has 9 heteroatoms. The lowest BCUT2D eigenvalue weighted by Gasteiger charge is -2.47. The third-order valence-electron chi connectivity index (χ3n) is 5.99. The molecule has 2 heterocycles. The lowest BCUT2D eigenvalue weighted by Crippen LogP contribution is -2.55. The SMILES string of the molecule is CC[C@@H](CSC(C)(C)C)N1C(=O)C(CC(=O)OCC(C)C)O[C@H](c2cccc(Cl)c2)[C@H]1c1ccc(Cl)s1. The van der Waals surface area contributed by atoms with Crippen molar-refractivity contribution >= 4 is 58.2 Å². The molecule has 1 aromatic heterocycles. The van der Waals surface area contributed by atoms with Crippen LogP contribution < -0.4 is 0 Å². The first-order chi connectivity index (χ1) is 17.4. The van der Waals surface area contributed by atoms with E-state index >= 15 is 0 Å². The molecule has 1 unspecified atom stereocenters. The van der Waals surface area contributed by atoms with Crippen molar-refractivity contribution in [3.05, 3.63) is 56.2 Å². The first-order valence-corrected chi connectivity index (χ1v) is 15.2. The Morgan fingerprint density at radius 3 is 2.51 bits per heavy atom. The molecule has 1 saturated heterocycles. The normalized spacial score (nSPS) is 21.4. The summed E-state index contributed by atoms with van der Waals surface area (Å²) in [5.74, 6) is 0.324. The van der Waals surface area contributed by atoms with E-state index in [-0.39, 0.29) is 29.0 Å². The van der Waals surface area contributed by atoms with Crippen molar-refractivity contribution in [2.45, 2.75) is 83.4 Å². The van der Waals surface area contributed by atoms with Crippen LogP contribution in [0.15, 0.2) is 36.4 Å². The Kier molecular flexibility index (Phi) is 10.8. The van der Waals surface area contributed by atoms with E-state index in [0.717, 1.165) is 22.6 Å². The van der Waals surface area contributed by atoms with Gasteiger partial charge in [0.05, 0.1) is 23.4 Å². The highest BCUT2D eigenvalue weighted by Crippen LogP contribution is 2.47. The minimum atomic E-state index is -0.955. The Bertz CT molecular complexity index is 1070. The Labute approximate surface area is 239 Å². The van der Waals surface area contributed by atoms with E-state index in [9.17, 15) is 9.59 Å². The molecule has 1 aliphatic heterocycles. The Morgan fingerprint density at radius 1 is 1.22 bits per heavy atom. The smallest absolute Gasteiger partial charge is 0.308 e. The van der Waals surface area contributed by atoms with E-state index in [1.165, 1.54) is 11.3 Å². The molecular formula is C28H37Cl2NO4S2. The largest absolute Gasteiger partial charge is 0.465 e. The molecule has 1 fully saturated rings. The van der Waals surface area contributed by atoms with Crippen LogP contribution in [0.25, 0.3) is 0 Å². The van der Waals surface area contributed by atoms with Gasteiger partial charge in [0.2, 0.25) is 0 Å². The Morgan fingerprint density at radius 2 is 1.95 bits per heavy atom. The summed E-state index contributed by atoms with van der Waals surface area (Å²) in [6, 6.07) is 10.8. The summed E-state index contributed by atoms with van der Waals surface area (Å²) in [6.07, 6.45) is -0.858. The summed E-state index contributed by atoms with van der Waals surface area (Å²) >= 11 is 16.0. The molecule has 3 rings (SSSR count). The number of hydrogen-bond acceptors (Lipinski definition) is 6. The van der Waals surface area contributed by atoms with E-state index in [2.05, 4.69) is 27.7 Å². The van der Waals surface area contributed by atoms with Crippen LogP contribution in [0.3, 0.4) is 0 Å². The quantitative estimate of drug-likeness (QED) is 0.265. The van der Waals surface area contributed by atoms with Crippen LogP contribution in [-0.4, -0.2) is 46.0 Å². The van der Waals surface area contributed by atoms with Gasteiger partial charge in [-0.2, -0.15) is 11.8 Å². The number of hydrogen-bond donors (Lipinski definition) is 0. The third-order valence-corrected chi connectivity index (χ3v) is 8.95. The number of rotatable bonds is 10. The summed E-state index contributed by atoms with van der Waals surface area (Å²) in [6.45, 7) is 12.9. The van der Waals surface area contributed by atoms with Crippen molar-refractivity contribution in [1.29, 1.82) is 0 Å². The lowest BCUT2D eigenvalue weighted by molar-refractivity contribution is -0.183. The number of nitrogens with zero attached hydrogens (tertiary/aromatic N) is 1. The van der Waals surface area contributed by atoms with Gasteiger partial charge in [-0.05, 0) is 42.2 Å². The van der Waals surface area contributed by atoms with Gasteiger partial charge >= 0.3 is 5.97 Å². The average Bonchev–Trinajstić information content (AvgIpc) is 3.25. The molecule has 0 bridgehead atoms. The van der Waals surface area contributed by atoms with E-state index < -0.39 is 24.2 Å². The zero-order valence-electron chi connectivity index (χ0n) is 22.3. The van der Waals surface area contributed by atoms with Gasteiger partial charge in [-0.15, -0.1) is 11.3 Å². The molecule has 4 atom stereocenters. The van der Waals surface area contributed by atoms with Crippen LogP contribution in [0.1, 0.15) is 77.0 Å². The maximum absolute atomic E-state index is 14.1. The summed E-state index contributed by atoms with van der Waals surface area (Å²) in [7, 11) is 0. The van der Waals surface area contributed by atoms with Gasteiger partial charge in [0, 0.05) is 26.4 Å². The van der Waals surface area contributed by atoms with Crippen LogP contribution in [0.4, 0.5) is 0 Å². The van der Waals surface area contributed by atoms with Crippen LogP contribution in [0.2, 0.25) is 9.36 Å². The highest BCUT2D eigenvalue weighted by molar-refractivity contribution is 8.00. The second-order valence-electron chi connectivity index (χ2n) is 10.7. The molecule has 0 spiro atoms. The van der Waals surface area contributed by atoms with Gasteiger partial charge in [-0.25, -0.2) is 0 Å². The molecule has 0 N–H and O–H groups in total. The molecule has 37 heavy (non-hydrogen) atoms. The topological polar surface area (TPSA) is 55.8 Å². The van der Waals surface area contributed by atoms with Crippen molar-refractivity contribution in [1.82, 2.24) is 4.90 Å². The number of thioether (sulfide) groups is 1. The summed E-state index contributed by atoms with van der Waals surface area (Å²) in [5, 5.41) is 0.579. The molecule has 1 aliphatic rings. The van der Waals surface area contributed by atoms with Crippen molar-refractivity contribution in [2.75, 3.05) is 12.4 Å². The Balaban J connectivity index is 2.06. The minimum absolute atomic E-state index is 0.0386. The maximum Gasteiger partial charge on any atom is 0.308 e. The summed E-state index contributed by atoms with van der Waals surface area (Å²) < 4.78 is 12.6. The van der Waals surface area contributed by atoms with Gasteiger partial charge < -0.3 is 14.4 Å². The van der Waals surface area contributed by atoms with Gasteiger partial charge in [0.15, 0.2) is 0 Å². The molecular weight excluding hydrogens is 549 g/mol. The Hall–Kier alpha value is -1.25. The van der Waals surface area contributed by atoms with Crippen LogP contribution in [-0.2, 0) is 19.1 Å². The first-order valence-electron chi connectivity index (χ1n) is 12.7. The fourth-order valence-corrected chi connectivity index (χ4v) is 6.70. The maximum atomic E-state index is 14.1. The zero-order chi connectivity index (χ0) is 27.3. The van der Waals surface area contributed by atoms with E-state index in [4.69, 9.17) is 32.7 Å². The monoisotopic (exact) mass is 585 g/mol. The third kappa shape index (κ3) is 8.37. The van der Waals surface area contributed by atoms with Crippen molar-refractivity contribution in [3.63, 3.8) is 0 Å². The molecule has 204 valence electrons. The average molecular weight is 587 g/mol. The number of carbonyl (C=O) groups is 2. The fraction of sp³-hybridized carbons (Fsp3) is 0.571. The number of ether oxygens (including phenoxy) is 2. The van der Waals surface area contributed by atoms with E-state index in [0.29, 0.717) is 16.0 Å². The standard InChI is InChI=1S/C28H37Cl2NO4S2/c1-7-20(16-36-28(4,5)6)31-25(22-11-12-23(30)37-22)26(18-9-8-10-19(29)13-18)35-21(27(31)33)14-24(32)34-15-17(2)3/h8-13,17,20-21,25-26H,7,14-16H2,1-6H3/t20-,21?,25+,26+/m0/s1. The second kappa shape index (κ2) is 13.2. The fourth-order valence-electron chi connectivity index (χ4n) is 4.23.